The molecule has 0 aromatic carbocycles. The third-order valence-electron chi connectivity index (χ3n) is 5.55. The van der Waals surface area contributed by atoms with Gasteiger partial charge in [-0.1, -0.05) is 24.9 Å². The second-order valence-corrected chi connectivity index (χ2v) is 7.20. The third kappa shape index (κ3) is 2.82. The van der Waals surface area contributed by atoms with Crippen molar-refractivity contribution >= 4 is 11.8 Å². The SMILES string of the molecule is CCc1noc(C)c1C(=O)N1CCC[C@@]1(C)C(=O)NC1CCCC1. The van der Waals surface area contributed by atoms with Crippen molar-refractivity contribution in [2.75, 3.05) is 6.54 Å². The van der Waals surface area contributed by atoms with Crippen LogP contribution in [-0.4, -0.2) is 40.0 Å². The number of hydrogen-bond donors (Lipinski definition) is 1. The Morgan fingerprint density at radius 3 is 2.71 bits per heavy atom. The maximum Gasteiger partial charge on any atom is 0.260 e. The summed E-state index contributed by atoms with van der Waals surface area (Å²) >= 11 is 0. The minimum absolute atomic E-state index is 0.0209. The first-order chi connectivity index (χ1) is 11.5. The summed E-state index contributed by atoms with van der Waals surface area (Å²) < 4.78 is 5.21. The van der Waals surface area contributed by atoms with Gasteiger partial charge in [0.2, 0.25) is 5.91 Å². The molecule has 6 nitrogen and oxygen atoms in total. The van der Waals surface area contributed by atoms with Crippen molar-refractivity contribution in [1.82, 2.24) is 15.4 Å². The van der Waals surface area contributed by atoms with Gasteiger partial charge in [0.25, 0.3) is 5.91 Å². The Morgan fingerprint density at radius 2 is 2.04 bits per heavy atom. The number of nitrogens with one attached hydrogen (secondary N) is 1. The minimum atomic E-state index is -0.783. The van der Waals surface area contributed by atoms with E-state index < -0.39 is 5.54 Å². The molecule has 0 spiro atoms. The van der Waals surface area contributed by atoms with Crippen molar-refractivity contribution in [3.05, 3.63) is 17.0 Å². The fourth-order valence-electron chi connectivity index (χ4n) is 4.00. The largest absolute Gasteiger partial charge is 0.361 e. The normalized spacial score (nSPS) is 24.5. The van der Waals surface area contributed by atoms with E-state index in [1.54, 1.807) is 11.8 Å². The predicted octanol–water partition coefficient (Wildman–Crippen LogP) is 2.60. The summed E-state index contributed by atoms with van der Waals surface area (Å²) in [6, 6.07) is 0.260. The Bertz CT molecular complexity index is 633. The standard InChI is InChI=1S/C18H27N3O3/c1-4-14-15(12(2)24-20-14)16(22)21-11-7-10-18(21,3)17(23)19-13-8-5-6-9-13/h13H,4-11H2,1-3H3,(H,19,23)/t18-/m0/s1. The van der Waals surface area contributed by atoms with E-state index in [2.05, 4.69) is 10.5 Å². The van der Waals surface area contributed by atoms with E-state index in [0.717, 1.165) is 19.3 Å². The first kappa shape index (κ1) is 17.0. The number of carbonyl (C=O) groups excluding carboxylic acids is 2. The molecule has 1 saturated heterocycles. The minimum Gasteiger partial charge on any atom is -0.361 e. The van der Waals surface area contributed by atoms with E-state index in [1.807, 2.05) is 13.8 Å². The Morgan fingerprint density at radius 1 is 1.33 bits per heavy atom. The summed E-state index contributed by atoms with van der Waals surface area (Å²) in [5.41, 5.74) is 0.413. The molecule has 1 saturated carbocycles. The molecule has 3 rings (SSSR count). The lowest BCUT2D eigenvalue weighted by Crippen LogP contribution is -2.57. The van der Waals surface area contributed by atoms with Crippen LogP contribution >= 0.6 is 0 Å². The molecule has 1 aliphatic carbocycles. The molecule has 0 radical (unpaired) electrons. The van der Waals surface area contributed by atoms with Crippen LogP contribution in [0.4, 0.5) is 0 Å². The molecule has 1 aromatic heterocycles. The molecule has 2 heterocycles. The van der Waals surface area contributed by atoms with Crippen LogP contribution < -0.4 is 5.32 Å². The zero-order valence-corrected chi connectivity index (χ0v) is 14.9. The van der Waals surface area contributed by atoms with Crippen molar-refractivity contribution in [1.29, 1.82) is 0 Å². The zero-order chi connectivity index (χ0) is 17.3. The fourth-order valence-corrected chi connectivity index (χ4v) is 4.00. The molecule has 24 heavy (non-hydrogen) atoms. The van der Waals surface area contributed by atoms with E-state index in [0.29, 0.717) is 36.4 Å². The zero-order valence-electron chi connectivity index (χ0n) is 14.9. The number of aryl methyl sites for hydroxylation is 2. The third-order valence-corrected chi connectivity index (χ3v) is 5.55. The molecule has 1 N–H and O–H groups in total. The highest BCUT2D eigenvalue weighted by Gasteiger charge is 2.47. The van der Waals surface area contributed by atoms with E-state index in [9.17, 15) is 9.59 Å². The van der Waals surface area contributed by atoms with Crippen molar-refractivity contribution in [3.8, 4) is 0 Å². The molecule has 6 heteroatoms. The highest BCUT2D eigenvalue weighted by atomic mass is 16.5. The second kappa shape index (κ2) is 6.57. The quantitative estimate of drug-likeness (QED) is 0.919. The molecule has 0 unspecified atom stereocenters. The fraction of sp³-hybridized carbons (Fsp3) is 0.722. The van der Waals surface area contributed by atoms with Crippen LogP contribution in [0.2, 0.25) is 0 Å². The lowest BCUT2D eigenvalue weighted by Gasteiger charge is -2.35. The van der Waals surface area contributed by atoms with E-state index in [4.69, 9.17) is 4.52 Å². The number of rotatable bonds is 4. The lowest BCUT2D eigenvalue weighted by atomic mass is 9.96. The van der Waals surface area contributed by atoms with Crippen LogP contribution in [0.5, 0.6) is 0 Å². The van der Waals surface area contributed by atoms with Crippen LogP contribution in [0.15, 0.2) is 4.52 Å². The average Bonchev–Trinajstić information content (AvgIpc) is 3.27. The monoisotopic (exact) mass is 333 g/mol. The molecule has 1 aliphatic heterocycles. The molecule has 2 amide bonds. The Labute approximate surface area is 142 Å². The maximum absolute atomic E-state index is 13.1. The van der Waals surface area contributed by atoms with E-state index in [-0.39, 0.29) is 17.9 Å². The summed E-state index contributed by atoms with van der Waals surface area (Å²) in [6.07, 6.45) is 6.60. The molecular formula is C18H27N3O3. The van der Waals surface area contributed by atoms with E-state index >= 15 is 0 Å². The number of aromatic nitrogens is 1. The van der Waals surface area contributed by atoms with Gasteiger partial charge in [-0.2, -0.15) is 0 Å². The van der Waals surface area contributed by atoms with Gasteiger partial charge in [0.1, 0.15) is 16.9 Å². The molecule has 1 aromatic rings. The van der Waals surface area contributed by atoms with Crippen molar-refractivity contribution in [2.24, 2.45) is 0 Å². The van der Waals surface area contributed by atoms with Crippen LogP contribution in [0.25, 0.3) is 0 Å². The molecular weight excluding hydrogens is 306 g/mol. The van der Waals surface area contributed by atoms with Crippen LogP contribution in [0, 0.1) is 6.92 Å². The van der Waals surface area contributed by atoms with Crippen LogP contribution in [-0.2, 0) is 11.2 Å². The predicted molar refractivity (Wildman–Crippen MR) is 89.7 cm³/mol. The smallest absolute Gasteiger partial charge is 0.260 e. The van der Waals surface area contributed by atoms with Crippen LogP contribution in [0.1, 0.15) is 74.2 Å². The summed E-state index contributed by atoms with van der Waals surface area (Å²) in [5.74, 6) is 0.377. The molecule has 132 valence electrons. The summed E-state index contributed by atoms with van der Waals surface area (Å²) in [4.78, 5) is 27.7. The van der Waals surface area contributed by atoms with Gasteiger partial charge in [0, 0.05) is 12.6 Å². The number of nitrogens with zero attached hydrogens (tertiary/aromatic N) is 2. The van der Waals surface area contributed by atoms with Crippen molar-refractivity contribution in [2.45, 2.75) is 77.3 Å². The summed E-state index contributed by atoms with van der Waals surface area (Å²) in [7, 11) is 0. The molecule has 2 aliphatic rings. The molecule has 0 bridgehead atoms. The van der Waals surface area contributed by atoms with Gasteiger partial charge < -0.3 is 14.7 Å². The number of amides is 2. The number of likely N-dealkylation sites (tertiary alicyclic amines) is 1. The van der Waals surface area contributed by atoms with Gasteiger partial charge >= 0.3 is 0 Å². The summed E-state index contributed by atoms with van der Waals surface area (Å²) in [6.45, 7) is 6.19. The van der Waals surface area contributed by atoms with E-state index in [1.165, 1.54) is 12.8 Å². The first-order valence-corrected chi connectivity index (χ1v) is 9.05. The van der Waals surface area contributed by atoms with Gasteiger partial charge in [0.15, 0.2) is 0 Å². The van der Waals surface area contributed by atoms with Crippen molar-refractivity contribution < 1.29 is 14.1 Å². The summed E-state index contributed by atoms with van der Waals surface area (Å²) in [5, 5.41) is 7.14. The Hall–Kier alpha value is -1.85. The number of carbonyl (C=O) groups is 2. The first-order valence-electron chi connectivity index (χ1n) is 9.05. The van der Waals surface area contributed by atoms with Crippen molar-refractivity contribution in [3.63, 3.8) is 0 Å². The maximum atomic E-state index is 13.1. The topological polar surface area (TPSA) is 75.4 Å². The van der Waals surface area contributed by atoms with Gasteiger partial charge in [-0.05, 0) is 46.0 Å². The van der Waals surface area contributed by atoms with Gasteiger partial charge in [-0.25, -0.2) is 0 Å². The van der Waals surface area contributed by atoms with Gasteiger partial charge in [-0.3, -0.25) is 9.59 Å². The number of hydrogen-bond acceptors (Lipinski definition) is 4. The highest BCUT2D eigenvalue weighted by molar-refractivity contribution is 6.01. The lowest BCUT2D eigenvalue weighted by molar-refractivity contribution is -0.130. The Kier molecular flexibility index (Phi) is 4.65. The van der Waals surface area contributed by atoms with Gasteiger partial charge in [0.05, 0.1) is 5.69 Å². The Balaban J connectivity index is 1.82. The highest BCUT2D eigenvalue weighted by Crippen LogP contribution is 2.33. The second-order valence-electron chi connectivity index (χ2n) is 7.20. The van der Waals surface area contributed by atoms with Gasteiger partial charge in [-0.15, -0.1) is 0 Å². The molecule has 1 atom stereocenters. The average molecular weight is 333 g/mol. The van der Waals surface area contributed by atoms with Crippen LogP contribution in [0.3, 0.4) is 0 Å². The molecule has 2 fully saturated rings.